The van der Waals surface area contributed by atoms with Gasteiger partial charge in [0.2, 0.25) is 5.88 Å². The molecule has 0 N–H and O–H groups in total. The molecule has 218 valence electrons. The average molecular weight is 616 g/mol. The molecule has 2 aromatic carbocycles. The van der Waals surface area contributed by atoms with E-state index in [9.17, 15) is 22.0 Å². The number of aromatic nitrogens is 3. The van der Waals surface area contributed by atoms with Gasteiger partial charge in [-0.3, -0.25) is 0 Å². The Morgan fingerprint density at radius 3 is 2.00 bits per heavy atom. The number of benzene rings is 2. The van der Waals surface area contributed by atoms with Crippen LogP contribution in [0.3, 0.4) is 0 Å². The lowest BCUT2D eigenvalue weighted by molar-refractivity contribution is -0.137. The molecule has 0 spiro atoms. The van der Waals surface area contributed by atoms with Crippen LogP contribution in [-0.4, -0.2) is 27.6 Å². The third-order valence-electron chi connectivity index (χ3n) is 5.12. The molecule has 4 aromatic rings. The first-order valence-corrected chi connectivity index (χ1v) is 13.1. The van der Waals surface area contributed by atoms with E-state index in [0.717, 1.165) is 24.0 Å². The number of halogens is 6. The fraction of sp³-hybridized carbons (Fsp3) is 0.222. The standard InChI is InChI=1S/C20H15ClF5N3O.C7H8.O3S/c21-17-15(28-11-29-18(17)19(22)23)3-1-2-12-4-9-16(27-10-12)30-14-7-5-13(6-8-14)20(24,25)26;1-7-5-3-2-4-6-7;1-4(2)3/h4-11,19H,1-3H2;2-6H,1H3;. The number of ether oxygens (including phenoxy) is 1. The zero-order chi connectivity index (χ0) is 30.4. The number of nitrogens with zero attached hydrogens (tertiary/aromatic N) is 3. The predicted molar refractivity (Wildman–Crippen MR) is 141 cm³/mol. The van der Waals surface area contributed by atoms with E-state index in [1.165, 1.54) is 17.7 Å². The highest BCUT2D eigenvalue weighted by atomic mass is 35.5. The van der Waals surface area contributed by atoms with Crippen molar-refractivity contribution in [2.45, 2.75) is 38.8 Å². The molecule has 7 nitrogen and oxygen atoms in total. The van der Waals surface area contributed by atoms with Gasteiger partial charge in [-0.25, -0.2) is 23.7 Å². The molecule has 0 bridgehead atoms. The maximum Gasteiger partial charge on any atom is 0.425 e. The van der Waals surface area contributed by atoms with Gasteiger partial charge in [0.1, 0.15) is 17.8 Å². The van der Waals surface area contributed by atoms with Gasteiger partial charge < -0.3 is 4.74 Å². The number of aryl methyl sites for hydroxylation is 3. The Bertz CT molecular complexity index is 1470. The van der Waals surface area contributed by atoms with Crippen molar-refractivity contribution in [3.8, 4) is 11.6 Å². The lowest BCUT2D eigenvalue weighted by Crippen LogP contribution is -2.04. The van der Waals surface area contributed by atoms with Crippen LogP contribution in [-0.2, 0) is 29.6 Å². The molecule has 0 radical (unpaired) electrons. The topological polar surface area (TPSA) is 99.1 Å². The van der Waals surface area contributed by atoms with Crippen molar-refractivity contribution in [1.29, 1.82) is 0 Å². The zero-order valence-corrected chi connectivity index (χ0v) is 22.9. The minimum absolute atomic E-state index is 0.120. The van der Waals surface area contributed by atoms with E-state index in [-0.39, 0.29) is 16.7 Å². The summed E-state index contributed by atoms with van der Waals surface area (Å²) in [4.78, 5) is 11.6. The van der Waals surface area contributed by atoms with Crippen molar-refractivity contribution >= 4 is 22.2 Å². The molecule has 4 rings (SSSR count). The lowest BCUT2D eigenvalue weighted by Gasteiger charge is -2.09. The molecule has 0 atom stereocenters. The molecule has 0 saturated heterocycles. The predicted octanol–water partition coefficient (Wildman–Crippen LogP) is 7.44. The van der Waals surface area contributed by atoms with Crippen LogP contribution in [0.4, 0.5) is 22.0 Å². The largest absolute Gasteiger partial charge is 0.439 e. The summed E-state index contributed by atoms with van der Waals surface area (Å²) < 4.78 is 94.1. The zero-order valence-electron chi connectivity index (χ0n) is 21.4. The maximum absolute atomic E-state index is 12.8. The van der Waals surface area contributed by atoms with E-state index >= 15 is 0 Å². The summed E-state index contributed by atoms with van der Waals surface area (Å²) in [6, 6.07) is 17.9. The average Bonchev–Trinajstić information content (AvgIpc) is 2.91. The van der Waals surface area contributed by atoms with E-state index in [1.807, 2.05) is 18.2 Å². The Morgan fingerprint density at radius 1 is 0.878 bits per heavy atom. The molecule has 2 aromatic heterocycles. The van der Waals surface area contributed by atoms with Crippen LogP contribution in [0, 0.1) is 6.92 Å². The van der Waals surface area contributed by atoms with Crippen molar-refractivity contribution in [2.75, 3.05) is 0 Å². The SMILES string of the molecule is Cc1ccccc1.FC(F)c1ncnc(CCCc2ccc(Oc3ccc(C(F)(F)F)cc3)nc2)c1Cl.O=S(=O)=O. The van der Waals surface area contributed by atoms with E-state index in [2.05, 4.69) is 34.0 Å². The van der Waals surface area contributed by atoms with Gasteiger partial charge >= 0.3 is 16.8 Å². The summed E-state index contributed by atoms with van der Waals surface area (Å²) in [5, 5.41) is -0.120. The van der Waals surface area contributed by atoms with Gasteiger partial charge in [0.25, 0.3) is 6.43 Å². The molecule has 0 aliphatic rings. The van der Waals surface area contributed by atoms with E-state index < -0.39 is 34.5 Å². The highest BCUT2D eigenvalue weighted by Crippen LogP contribution is 2.31. The Balaban J connectivity index is 0.000000447. The number of pyridine rings is 1. The molecule has 0 aliphatic heterocycles. The van der Waals surface area contributed by atoms with Gasteiger partial charge in [0.05, 0.1) is 16.3 Å². The molecule has 2 heterocycles. The first-order chi connectivity index (χ1) is 19.4. The molecule has 41 heavy (non-hydrogen) atoms. The second-order valence-electron chi connectivity index (χ2n) is 8.16. The Labute approximate surface area is 239 Å². The van der Waals surface area contributed by atoms with Gasteiger partial charge in [-0.15, -0.1) is 12.6 Å². The van der Waals surface area contributed by atoms with Crippen LogP contribution in [0.2, 0.25) is 5.02 Å². The molecule has 0 aliphatic carbocycles. The second-order valence-corrected chi connectivity index (χ2v) is 8.95. The van der Waals surface area contributed by atoms with Crippen molar-refractivity contribution in [3.63, 3.8) is 0 Å². The molecule has 0 amide bonds. The highest BCUT2D eigenvalue weighted by Gasteiger charge is 2.30. The molecule has 0 unspecified atom stereocenters. The molecular formula is C27H23ClF5N3O4S. The van der Waals surface area contributed by atoms with Gasteiger partial charge in [-0.2, -0.15) is 13.2 Å². The van der Waals surface area contributed by atoms with Crippen molar-refractivity contribution < 1.29 is 39.3 Å². The quantitative estimate of drug-likeness (QED) is 0.199. The van der Waals surface area contributed by atoms with E-state index in [1.54, 1.807) is 18.3 Å². The van der Waals surface area contributed by atoms with Gasteiger partial charge in [-0.1, -0.05) is 53.6 Å². The minimum Gasteiger partial charge on any atom is -0.439 e. The van der Waals surface area contributed by atoms with Crippen molar-refractivity contribution in [2.24, 2.45) is 0 Å². The van der Waals surface area contributed by atoms with Crippen LogP contribution >= 0.6 is 11.6 Å². The molecule has 0 saturated carbocycles. The number of rotatable bonds is 7. The summed E-state index contributed by atoms with van der Waals surface area (Å²) >= 11 is 5.92. The number of alkyl halides is 5. The first kappa shape index (κ1) is 33.2. The second kappa shape index (κ2) is 16.3. The summed E-state index contributed by atoms with van der Waals surface area (Å²) in [5.74, 6) is 0.468. The number of hydrogen-bond donors (Lipinski definition) is 0. The van der Waals surface area contributed by atoms with Crippen LogP contribution in [0.15, 0.2) is 79.3 Å². The third-order valence-corrected chi connectivity index (χ3v) is 5.53. The summed E-state index contributed by atoms with van der Waals surface area (Å²) in [6.07, 6.45) is -2.94. The van der Waals surface area contributed by atoms with Crippen LogP contribution in [0.5, 0.6) is 11.6 Å². The lowest BCUT2D eigenvalue weighted by atomic mass is 10.1. The van der Waals surface area contributed by atoms with Gasteiger partial charge in [-0.05, 0) is 56.0 Å². The normalized spacial score (nSPS) is 10.6. The fourth-order valence-corrected chi connectivity index (χ4v) is 3.47. The maximum atomic E-state index is 12.8. The van der Waals surface area contributed by atoms with Crippen LogP contribution in [0.1, 0.15) is 40.9 Å². The smallest absolute Gasteiger partial charge is 0.425 e. The van der Waals surface area contributed by atoms with E-state index in [4.69, 9.17) is 29.0 Å². The summed E-state index contributed by atoms with van der Waals surface area (Å²) in [7, 11) is -3.11. The van der Waals surface area contributed by atoms with Gasteiger partial charge in [0.15, 0.2) is 0 Å². The van der Waals surface area contributed by atoms with Crippen LogP contribution in [0.25, 0.3) is 0 Å². The Hall–Kier alpha value is -3.97. The van der Waals surface area contributed by atoms with E-state index in [0.29, 0.717) is 25.0 Å². The third kappa shape index (κ3) is 12.4. The molecule has 0 fully saturated rings. The molecule has 14 heteroatoms. The van der Waals surface area contributed by atoms with Gasteiger partial charge in [0, 0.05) is 12.3 Å². The van der Waals surface area contributed by atoms with Crippen LogP contribution < -0.4 is 4.74 Å². The highest BCUT2D eigenvalue weighted by molar-refractivity contribution is 7.59. The molecular weight excluding hydrogens is 593 g/mol. The monoisotopic (exact) mass is 615 g/mol. The Morgan fingerprint density at radius 2 is 1.51 bits per heavy atom. The fourth-order valence-electron chi connectivity index (χ4n) is 3.19. The van der Waals surface area contributed by atoms with Crippen molar-refractivity contribution in [1.82, 2.24) is 15.0 Å². The van der Waals surface area contributed by atoms with Crippen molar-refractivity contribution in [3.05, 3.63) is 112 Å². The first-order valence-electron chi connectivity index (χ1n) is 11.7. The summed E-state index contributed by atoms with van der Waals surface area (Å²) in [6.45, 7) is 2.08. The minimum atomic E-state index is -4.41. The number of hydrogen-bond acceptors (Lipinski definition) is 7. The summed E-state index contributed by atoms with van der Waals surface area (Å²) in [5.41, 5.74) is 1.31. The Kier molecular flexibility index (Phi) is 13.2.